The molecule has 1 saturated heterocycles. The van der Waals surface area contributed by atoms with Gasteiger partial charge < -0.3 is 28.4 Å². The number of ether oxygens (including phenoxy) is 6. The molecular weight excluding hydrogens is 480 g/mol. The molecule has 1 fully saturated rings. The van der Waals surface area contributed by atoms with Crippen LogP contribution in [0, 0.1) is 0 Å². The summed E-state index contributed by atoms with van der Waals surface area (Å²) in [5, 5.41) is -3.22. The van der Waals surface area contributed by atoms with E-state index >= 15 is 0 Å². The number of para-hydroxylation sites is 1. The normalized spacial score (nSPS) is 26.6. The SMILES string of the molecule is CC(=O)OC[C@@H]1O[C@@](Oc2ccccc2)(S(=O)(=O)O)[C@@H](OC(C)=O)[C@H](OC(C)=O)[C@@H]1OC(C)=O. The van der Waals surface area contributed by atoms with E-state index in [1.165, 1.54) is 24.3 Å². The molecule has 1 aromatic carbocycles. The highest BCUT2D eigenvalue weighted by Gasteiger charge is 2.68. The Kier molecular flexibility index (Phi) is 8.58. The highest BCUT2D eigenvalue weighted by molar-refractivity contribution is 7.87. The zero-order valence-corrected chi connectivity index (χ0v) is 19.5. The Morgan fingerprint density at radius 2 is 1.41 bits per heavy atom. The van der Waals surface area contributed by atoms with Crippen LogP contribution < -0.4 is 4.74 Å². The quantitative estimate of drug-likeness (QED) is 0.292. The molecule has 0 radical (unpaired) electrons. The molecule has 2 rings (SSSR count). The second-order valence-electron chi connectivity index (χ2n) is 7.13. The number of esters is 4. The van der Waals surface area contributed by atoms with E-state index in [0.717, 1.165) is 27.7 Å². The van der Waals surface area contributed by atoms with E-state index in [1.807, 2.05) is 0 Å². The standard InChI is InChI=1S/C20H24O13S/c1-11(21)28-10-16-17(29-12(2)22)18(30-13(3)23)19(31-14(4)24)20(33-16,34(25,26)27)32-15-8-6-5-7-9-15/h5-9,16-19H,10H2,1-4H3,(H,25,26,27)/t16-,17+,18+,19-,20+/m0/s1. The van der Waals surface area contributed by atoms with Crippen LogP contribution in [-0.4, -0.2) is 73.0 Å². The number of hydrogen-bond donors (Lipinski definition) is 1. The van der Waals surface area contributed by atoms with Crippen molar-refractivity contribution in [2.75, 3.05) is 6.61 Å². The third-order valence-corrected chi connectivity index (χ3v) is 5.49. The summed E-state index contributed by atoms with van der Waals surface area (Å²) in [6.07, 6.45) is -7.36. The van der Waals surface area contributed by atoms with Crippen molar-refractivity contribution in [2.24, 2.45) is 0 Å². The van der Waals surface area contributed by atoms with Gasteiger partial charge in [0.1, 0.15) is 18.5 Å². The van der Waals surface area contributed by atoms with Gasteiger partial charge in [0.25, 0.3) is 0 Å². The summed E-state index contributed by atoms with van der Waals surface area (Å²) in [5.41, 5.74) is 0. The lowest BCUT2D eigenvalue weighted by Gasteiger charge is -2.48. The fraction of sp³-hybridized carbons (Fsp3) is 0.500. The first-order valence-electron chi connectivity index (χ1n) is 9.80. The van der Waals surface area contributed by atoms with Crippen molar-refractivity contribution in [3.63, 3.8) is 0 Å². The molecule has 0 spiro atoms. The average molecular weight is 504 g/mol. The van der Waals surface area contributed by atoms with Gasteiger partial charge in [-0.15, -0.1) is 0 Å². The van der Waals surface area contributed by atoms with Crippen LogP contribution in [0.3, 0.4) is 0 Å². The van der Waals surface area contributed by atoms with Gasteiger partial charge in [-0.3, -0.25) is 23.7 Å². The molecule has 1 aromatic rings. The van der Waals surface area contributed by atoms with E-state index in [1.54, 1.807) is 6.07 Å². The highest BCUT2D eigenvalue weighted by Crippen LogP contribution is 2.40. The maximum atomic E-state index is 12.7. The molecule has 14 heteroatoms. The van der Waals surface area contributed by atoms with E-state index < -0.39 is 70.1 Å². The first-order valence-corrected chi connectivity index (χ1v) is 11.2. The lowest BCUT2D eigenvalue weighted by Crippen LogP contribution is -2.72. The van der Waals surface area contributed by atoms with Crippen molar-refractivity contribution >= 4 is 34.0 Å². The van der Waals surface area contributed by atoms with Crippen molar-refractivity contribution in [1.82, 2.24) is 0 Å². The topological polar surface area (TPSA) is 178 Å². The molecule has 34 heavy (non-hydrogen) atoms. The smallest absolute Gasteiger partial charge is 0.383 e. The largest absolute Gasteiger partial charge is 0.463 e. The summed E-state index contributed by atoms with van der Waals surface area (Å²) >= 11 is 0. The summed E-state index contributed by atoms with van der Waals surface area (Å²) in [4.78, 5) is 47.0. The van der Waals surface area contributed by atoms with Crippen LogP contribution in [0.25, 0.3) is 0 Å². The molecule has 188 valence electrons. The summed E-state index contributed by atoms with van der Waals surface area (Å²) in [5.74, 6) is -3.94. The number of rotatable bonds is 8. The van der Waals surface area contributed by atoms with Crippen LogP contribution in [0.15, 0.2) is 30.3 Å². The lowest BCUT2D eigenvalue weighted by molar-refractivity contribution is -0.308. The van der Waals surface area contributed by atoms with E-state index in [2.05, 4.69) is 0 Å². The first-order chi connectivity index (χ1) is 15.8. The molecular formula is C20H24O13S. The lowest BCUT2D eigenvalue weighted by atomic mass is 9.97. The third-order valence-electron chi connectivity index (χ3n) is 4.36. The van der Waals surface area contributed by atoms with Gasteiger partial charge in [0.05, 0.1) is 0 Å². The van der Waals surface area contributed by atoms with Crippen LogP contribution in [-0.2, 0) is 53.0 Å². The molecule has 0 amide bonds. The molecule has 0 unspecified atom stereocenters. The second-order valence-corrected chi connectivity index (χ2v) is 8.65. The maximum absolute atomic E-state index is 12.7. The van der Waals surface area contributed by atoms with Crippen molar-refractivity contribution < 1.29 is 60.6 Å². The van der Waals surface area contributed by atoms with E-state index in [-0.39, 0.29) is 5.75 Å². The van der Waals surface area contributed by atoms with Crippen LogP contribution >= 0.6 is 0 Å². The highest BCUT2D eigenvalue weighted by atomic mass is 32.2. The molecule has 0 bridgehead atoms. The van der Waals surface area contributed by atoms with E-state index in [4.69, 9.17) is 28.4 Å². The van der Waals surface area contributed by atoms with Crippen LogP contribution in [0.2, 0.25) is 0 Å². The van der Waals surface area contributed by atoms with E-state index in [0.29, 0.717) is 0 Å². The minimum absolute atomic E-state index is 0.156. The Morgan fingerprint density at radius 3 is 1.88 bits per heavy atom. The molecule has 1 heterocycles. The van der Waals surface area contributed by atoms with Crippen molar-refractivity contribution in [3.8, 4) is 5.75 Å². The maximum Gasteiger partial charge on any atom is 0.383 e. The summed E-state index contributed by atoms with van der Waals surface area (Å²) in [7, 11) is -5.47. The van der Waals surface area contributed by atoms with Gasteiger partial charge in [-0.1, -0.05) is 18.2 Å². The minimum atomic E-state index is -5.47. The third kappa shape index (κ3) is 6.42. The Morgan fingerprint density at radius 1 is 0.882 bits per heavy atom. The van der Waals surface area contributed by atoms with Crippen LogP contribution in [0.5, 0.6) is 5.75 Å². The Balaban J connectivity index is 2.76. The molecule has 1 N–H and O–H groups in total. The molecule has 0 aliphatic carbocycles. The van der Waals surface area contributed by atoms with Gasteiger partial charge in [0.15, 0.2) is 12.2 Å². The van der Waals surface area contributed by atoms with Gasteiger partial charge in [-0.25, -0.2) is 0 Å². The number of carbonyl (C=O) groups excluding carboxylic acids is 4. The zero-order chi connectivity index (χ0) is 25.7. The van der Waals surface area contributed by atoms with Gasteiger partial charge >= 0.3 is 39.1 Å². The van der Waals surface area contributed by atoms with Crippen LogP contribution in [0.4, 0.5) is 0 Å². The fourth-order valence-electron chi connectivity index (χ4n) is 3.23. The average Bonchev–Trinajstić information content (AvgIpc) is 2.70. The monoisotopic (exact) mass is 504 g/mol. The van der Waals surface area contributed by atoms with Crippen molar-refractivity contribution in [2.45, 2.75) is 57.2 Å². The van der Waals surface area contributed by atoms with Crippen molar-refractivity contribution in [1.29, 1.82) is 0 Å². The molecule has 0 saturated carbocycles. The Labute approximate surface area is 194 Å². The predicted octanol–water partition coefficient (Wildman–Crippen LogP) is 0.364. The molecule has 1 aliphatic rings. The van der Waals surface area contributed by atoms with Gasteiger partial charge in [0, 0.05) is 27.7 Å². The minimum Gasteiger partial charge on any atom is -0.463 e. The van der Waals surface area contributed by atoms with E-state index in [9.17, 15) is 32.1 Å². The predicted molar refractivity (Wildman–Crippen MR) is 110 cm³/mol. The van der Waals surface area contributed by atoms with Crippen molar-refractivity contribution in [3.05, 3.63) is 30.3 Å². The summed E-state index contributed by atoms with van der Waals surface area (Å²) in [6, 6.07) is 7.14. The number of benzene rings is 1. The van der Waals surface area contributed by atoms with Gasteiger partial charge in [-0.05, 0) is 12.1 Å². The summed E-state index contributed by atoms with van der Waals surface area (Å²) in [6.45, 7) is 3.20. The number of hydrogen-bond acceptors (Lipinski definition) is 12. The first kappa shape index (κ1) is 27.0. The summed E-state index contributed by atoms with van der Waals surface area (Å²) < 4.78 is 67.0. The van der Waals surface area contributed by atoms with Gasteiger partial charge in [0.2, 0.25) is 6.10 Å². The van der Waals surface area contributed by atoms with Gasteiger partial charge in [-0.2, -0.15) is 8.42 Å². The molecule has 13 nitrogen and oxygen atoms in total. The number of carbonyl (C=O) groups is 4. The Hall–Kier alpha value is -3.23. The Bertz CT molecular complexity index is 1020. The molecule has 5 atom stereocenters. The molecule has 1 aliphatic heterocycles. The molecule has 0 aromatic heterocycles. The zero-order valence-electron chi connectivity index (χ0n) is 18.7. The second kappa shape index (κ2) is 10.8. The fourth-order valence-corrected chi connectivity index (χ4v) is 4.15. The van der Waals surface area contributed by atoms with Crippen LogP contribution in [0.1, 0.15) is 27.7 Å².